The second-order valence-corrected chi connectivity index (χ2v) is 26.7. The number of fused-ring (bicyclic) bond motifs is 5. The van der Waals surface area contributed by atoms with E-state index in [4.69, 9.17) is 13.8 Å². The summed E-state index contributed by atoms with van der Waals surface area (Å²) in [4.78, 5) is 4.86. The van der Waals surface area contributed by atoms with Gasteiger partial charge in [0.05, 0.1) is 63.6 Å². The lowest BCUT2D eigenvalue weighted by molar-refractivity contribution is -0.571. The number of aromatic nitrogens is 4. The van der Waals surface area contributed by atoms with Crippen LogP contribution in [-0.4, -0.2) is 22.2 Å². The van der Waals surface area contributed by atoms with E-state index in [2.05, 4.69) is 43.8 Å². The molecule has 0 radical (unpaired) electrons. The maximum absolute atomic E-state index is 11.0. The molecular formula is C77H66N4OSi. The average Bonchev–Trinajstić information content (AvgIpc) is 1.44. The van der Waals surface area contributed by atoms with Gasteiger partial charge < -0.3 is 4.74 Å². The quantitative estimate of drug-likeness (QED) is 0.0560. The van der Waals surface area contributed by atoms with Crippen molar-refractivity contribution >= 4 is 61.7 Å². The van der Waals surface area contributed by atoms with Crippen LogP contribution in [-0.2, 0) is 16.2 Å². The van der Waals surface area contributed by atoms with E-state index >= 15 is 0 Å². The number of hydrogen-bond acceptors (Lipinski definition) is 2. The van der Waals surface area contributed by atoms with Gasteiger partial charge in [0.25, 0.3) is 6.33 Å². The number of pyridine rings is 1. The zero-order valence-corrected chi connectivity index (χ0v) is 47.5. The second kappa shape index (κ2) is 20.0. The highest BCUT2D eigenvalue weighted by Gasteiger charge is 2.43. The lowest BCUT2D eigenvalue weighted by atomic mass is 9.82. The van der Waals surface area contributed by atoms with Crippen LogP contribution in [0.4, 0.5) is 0 Å². The molecule has 13 aromatic rings. The Morgan fingerprint density at radius 3 is 1.84 bits per heavy atom. The van der Waals surface area contributed by atoms with E-state index in [0.717, 1.165) is 33.2 Å². The van der Waals surface area contributed by atoms with E-state index in [1.807, 2.05) is 76.4 Å². The Balaban J connectivity index is 1.09. The molecule has 6 heteroatoms. The lowest BCUT2D eigenvalue weighted by Crippen LogP contribution is -2.74. The molecule has 0 unspecified atom stereocenters. The summed E-state index contributed by atoms with van der Waals surface area (Å²) in [5, 5.41) is -2.01. The number of nitrogens with zero attached hydrogens (tertiary/aromatic N) is 4. The first-order valence-electron chi connectivity index (χ1n) is 38.3. The molecule has 10 aromatic carbocycles. The number of ether oxygens (including phenoxy) is 1. The summed E-state index contributed by atoms with van der Waals surface area (Å²) < 4.78 is 224. The van der Waals surface area contributed by atoms with Gasteiger partial charge in [-0.05, 0) is 131 Å². The molecule has 83 heavy (non-hydrogen) atoms. The number of para-hydroxylation sites is 4. The third-order valence-electron chi connectivity index (χ3n) is 15.8. The van der Waals surface area contributed by atoms with E-state index < -0.39 is 160 Å². The van der Waals surface area contributed by atoms with Gasteiger partial charge >= 0.3 is 0 Å². The van der Waals surface area contributed by atoms with Crippen LogP contribution in [0.3, 0.4) is 0 Å². The standard InChI is InChI=1S/C77H66N4OSi/c1-75(2,3)55-44-45-78-73(48-55)81-69-37-18-17-34-65(69)66-42-41-58(50-72(66)81)82-57-26-22-25-56(49-57)79-52-80(71-39-20-19-38-70(71)79)74-63(35-23-36-64(74)54-40-43-67-68(47-54)77(6,7)51-76(67,4)5)53-24-21-33-62(46-53)83(59-27-11-8-12-28-59,60-29-13-9-14-30-60)61-31-15-10-16-32-61/h8-50H,51H2,1-7H3/i8D,9D,10D,11D,12D,13D,14D,15D,16D,21D,24D,27D,28D,29D,30D,31D,32D,33D,40D,43D,46D,47D. The van der Waals surface area contributed by atoms with Gasteiger partial charge in [-0.1, -0.05) is 248 Å². The van der Waals surface area contributed by atoms with E-state index in [9.17, 15) is 26.0 Å². The molecule has 0 atom stereocenters. The minimum atomic E-state index is -6.33. The third kappa shape index (κ3) is 8.83. The number of hydrogen-bond donors (Lipinski definition) is 0. The monoisotopic (exact) mass is 1110 g/mol. The van der Waals surface area contributed by atoms with E-state index in [-0.39, 0.29) is 45.9 Å². The largest absolute Gasteiger partial charge is 0.458 e. The van der Waals surface area contributed by atoms with Gasteiger partial charge in [0.2, 0.25) is 0 Å². The van der Waals surface area contributed by atoms with Crippen molar-refractivity contribution in [1.29, 1.82) is 0 Å². The normalized spacial score (nSPS) is 17.6. The van der Waals surface area contributed by atoms with Gasteiger partial charge in [-0.2, -0.15) is 0 Å². The summed E-state index contributed by atoms with van der Waals surface area (Å²) in [7, 11) is -6.33. The zero-order valence-electron chi connectivity index (χ0n) is 68.5. The van der Waals surface area contributed by atoms with Crippen molar-refractivity contribution in [2.75, 3.05) is 0 Å². The molecule has 0 spiro atoms. The molecule has 0 bridgehead atoms. The molecule has 0 saturated carbocycles. The topological polar surface area (TPSA) is 35.9 Å². The predicted octanol–water partition coefficient (Wildman–Crippen LogP) is 16.0. The summed E-state index contributed by atoms with van der Waals surface area (Å²) in [6.45, 7) is 14.2. The van der Waals surface area contributed by atoms with E-state index in [1.165, 1.54) is 12.1 Å². The molecule has 14 rings (SSSR count). The minimum Gasteiger partial charge on any atom is -0.458 e. The van der Waals surface area contributed by atoms with Crippen LogP contribution in [0.5, 0.6) is 11.5 Å². The highest BCUT2D eigenvalue weighted by molar-refractivity contribution is 7.19. The summed E-state index contributed by atoms with van der Waals surface area (Å²) in [5.74, 6) is 1.60. The molecule has 3 aromatic heterocycles. The summed E-state index contributed by atoms with van der Waals surface area (Å²) in [5.41, 5.74) is 2.64. The van der Waals surface area contributed by atoms with Gasteiger partial charge in [0, 0.05) is 23.0 Å². The summed E-state index contributed by atoms with van der Waals surface area (Å²) in [6, 6.07) is 15.4. The second-order valence-electron chi connectivity index (χ2n) is 23.2. The fourth-order valence-corrected chi connectivity index (χ4v) is 15.8. The summed E-state index contributed by atoms with van der Waals surface area (Å²) in [6.07, 6.45) is 5.81. The fourth-order valence-electron chi connectivity index (χ4n) is 12.3. The first-order valence-corrected chi connectivity index (χ1v) is 29.3. The Hall–Kier alpha value is -9.36. The number of imidazole rings is 1. The smallest absolute Gasteiger partial charge is 0.269 e. The average molecular weight is 1110 g/mol. The molecule has 5 nitrogen and oxygen atoms in total. The molecule has 0 N–H and O–H groups in total. The van der Waals surface area contributed by atoms with Crippen molar-refractivity contribution < 1.29 is 39.5 Å². The highest BCUT2D eigenvalue weighted by atomic mass is 28.3. The Morgan fingerprint density at radius 1 is 0.542 bits per heavy atom. The van der Waals surface area contributed by atoms with Crippen molar-refractivity contribution in [2.24, 2.45) is 0 Å². The molecular weight excluding hydrogens is 1020 g/mol. The number of rotatable bonds is 11. The molecule has 0 fully saturated rings. The minimum absolute atomic E-state index is 0.0425. The summed E-state index contributed by atoms with van der Waals surface area (Å²) >= 11 is 0. The highest BCUT2D eigenvalue weighted by Crippen LogP contribution is 2.51. The number of benzene rings is 10. The van der Waals surface area contributed by atoms with Crippen LogP contribution in [0.2, 0.25) is 0 Å². The van der Waals surface area contributed by atoms with E-state index in [1.54, 1.807) is 63.7 Å². The Kier molecular flexibility index (Phi) is 7.92. The fraction of sp³-hybridized carbons (Fsp3) is 0.143. The van der Waals surface area contributed by atoms with Crippen molar-refractivity contribution in [3.8, 4) is 50.9 Å². The molecule has 0 amide bonds. The molecule has 0 saturated heterocycles. The van der Waals surface area contributed by atoms with Crippen molar-refractivity contribution in [3.05, 3.63) is 283 Å². The maximum Gasteiger partial charge on any atom is 0.269 e. The van der Waals surface area contributed by atoms with Crippen LogP contribution >= 0.6 is 0 Å². The van der Waals surface area contributed by atoms with Gasteiger partial charge in [0.1, 0.15) is 17.3 Å². The van der Waals surface area contributed by atoms with Crippen LogP contribution in [0.15, 0.2) is 260 Å². The van der Waals surface area contributed by atoms with Gasteiger partial charge in [-0.3, -0.25) is 13.7 Å². The lowest BCUT2D eigenvalue weighted by Gasteiger charge is -2.34. The Morgan fingerprint density at radius 2 is 1.14 bits per heavy atom. The van der Waals surface area contributed by atoms with Gasteiger partial charge in [-0.25, -0.2) is 4.98 Å². The Bertz CT molecular complexity index is 5720. The maximum atomic E-state index is 11.0. The van der Waals surface area contributed by atoms with Crippen LogP contribution in [0, 0.1) is 6.33 Å². The molecule has 0 aliphatic heterocycles. The third-order valence-corrected chi connectivity index (χ3v) is 19.8. The Labute approximate surface area is 519 Å². The molecule has 404 valence electrons. The first-order chi connectivity index (χ1) is 49.4. The van der Waals surface area contributed by atoms with Crippen LogP contribution < -0.4 is 30.1 Å². The molecule has 1 aliphatic rings. The van der Waals surface area contributed by atoms with Crippen molar-refractivity contribution in [1.82, 2.24) is 14.1 Å². The van der Waals surface area contributed by atoms with Crippen LogP contribution in [0.25, 0.3) is 72.3 Å². The van der Waals surface area contributed by atoms with E-state index in [0.29, 0.717) is 45.8 Å². The van der Waals surface area contributed by atoms with Crippen molar-refractivity contribution in [2.45, 2.75) is 71.1 Å². The first kappa shape index (κ1) is 32.9. The molecule has 1 aliphatic carbocycles. The van der Waals surface area contributed by atoms with Crippen molar-refractivity contribution in [3.63, 3.8) is 0 Å². The van der Waals surface area contributed by atoms with Gasteiger partial charge in [-0.15, -0.1) is 0 Å². The van der Waals surface area contributed by atoms with Gasteiger partial charge in [0.15, 0.2) is 8.07 Å². The molecule has 3 heterocycles. The zero-order chi connectivity index (χ0) is 75.8. The SMILES string of the molecule is [2H]c1c([2H])c([2H])c([Si](c2c([2H])c([2H])c([2H])c([2H])c2[2H])(c2c([2H])c([2H])c([2H])c([2H])c2[2H])c2c([2H])c([2H])c([2H])c(-c3cccc(-c4c([2H])c([2H])c5c(c4[2H])C(C)(C)CC5(C)C)c3-[n+]3[c-]n(-c4cccc(Oc5ccc6c7ccccc7n(-c7cc(C(C)(C)C)ccn7)c6c5)c4)c4ccccc43)c2[2H])c([2H])c1[2H]. The van der Waals surface area contributed by atoms with Crippen LogP contribution in [0.1, 0.15) is 102 Å². The predicted molar refractivity (Wildman–Crippen MR) is 346 cm³/mol.